The Kier molecular flexibility index (Phi) is 2.95. The van der Waals surface area contributed by atoms with Crippen molar-refractivity contribution < 1.29 is 8.78 Å². The summed E-state index contributed by atoms with van der Waals surface area (Å²) in [5.41, 5.74) is 1.73. The summed E-state index contributed by atoms with van der Waals surface area (Å²) in [5.74, 6) is -0.584. The van der Waals surface area contributed by atoms with Crippen LogP contribution < -0.4 is 0 Å². The van der Waals surface area contributed by atoms with E-state index in [-0.39, 0.29) is 17.6 Å². The van der Waals surface area contributed by atoms with Crippen molar-refractivity contribution >= 4 is 0 Å². The van der Waals surface area contributed by atoms with Crippen molar-refractivity contribution in [2.24, 2.45) is 0 Å². The smallest absolute Gasteiger partial charge is 0.141 e. The summed E-state index contributed by atoms with van der Waals surface area (Å²) in [7, 11) is 0. The molecule has 0 aliphatic rings. The van der Waals surface area contributed by atoms with Gasteiger partial charge in [0.2, 0.25) is 0 Å². The Morgan fingerprint density at radius 1 is 0.938 bits per heavy atom. The predicted octanol–water partition coefficient (Wildman–Crippen LogP) is 3.51. The zero-order valence-electron chi connectivity index (χ0n) is 8.82. The number of rotatable bonds is 2. The Labute approximate surface area is 92.8 Å². The Hall–Kier alpha value is -1.77. The Balaban J connectivity index is 2.28. The summed E-state index contributed by atoms with van der Waals surface area (Å²) >= 11 is 0. The van der Waals surface area contributed by atoms with Gasteiger partial charge in [0.05, 0.1) is 6.20 Å². The lowest BCUT2D eigenvalue weighted by molar-refractivity contribution is 0.617. The molecule has 0 radical (unpaired) electrons. The molecule has 1 aromatic heterocycles. The zero-order chi connectivity index (χ0) is 11.5. The summed E-state index contributed by atoms with van der Waals surface area (Å²) in [6.07, 6.45) is 1.19. The molecular formula is C13H11F2N. The molecule has 2 aromatic rings. The number of benzene rings is 1. The highest BCUT2D eigenvalue weighted by molar-refractivity contribution is 5.27. The van der Waals surface area contributed by atoms with Gasteiger partial charge in [-0.2, -0.15) is 0 Å². The highest BCUT2D eigenvalue weighted by Crippen LogP contribution is 2.22. The molecule has 1 atom stereocenters. The Bertz CT molecular complexity index is 417. The van der Waals surface area contributed by atoms with Gasteiger partial charge < -0.3 is 0 Å². The van der Waals surface area contributed by atoms with Gasteiger partial charge in [-0.15, -0.1) is 0 Å². The maximum absolute atomic E-state index is 12.7. The zero-order valence-corrected chi connectivity index (χ0v) is 8.82. The first-order valence-electron chi connectivity index (χ1n) is 5.04. The molecule has 0 saturated carbocycles. The molecule has 0 bridgehead atoms. The van der Waals surface area contributed by atoms with Crippen molar-refractivity contribution in [3.8, 4) is 0 Å². The topological polar surface area (TPSA) is 12.9 Å². The Morgan fingerprint density at radius 3 is 2.12 bits per heavy atom. The second kappa shape index (κ2) is 4.39. The van der Waals surface area contributed by atoms with Gasteiger partial charge >= 0.3 is 0 Å². The molecule has 0 N–H and O–H groups in total. The second-order valence-corrected chi connectivity index (χ2v) is 3.67. The normalized spacial score (nSPS) is 12.4. The van der Waals surface area contributed by atoms with Crippen LogP contribution in [0.15, 0.2) is 42.6 Å². The molecule has 1 aromatic carbocycles. The maximum atomic E-state index is 12.7. The van der Waals surface area contributed by atoms with Crippen LogP contribution in [0.1, 0.15) is 24.1 Å². The van der Waals surface area contributed by atoms with Gasteiger partial charge in [0.25, 0.3) is 0 Å². The molecule has 0 fully saturated rings. The monoisotopic (exact) mass is 219 g/mol. The largest absolute Gasteiger partial charge is 0.258 e. The summed E-state index contributed by atoms with van der Waals surface area (Å²) < 4.78 is 25.4. The number of nitrogens with zero attached hydrogens (tertiary/aromatic N) is 1. The number of halogens is 2. The van der Waals surface area contributed by atoms with Crippen LogP contribution in [0, 0.1) is 11.6 Å². The lowest BCUT2D eigenvalue weighted by atomic mass is 9.97. The third kappa shape index (κ3) is 2.24. The van der Waals surface area contributed by atoms with Gasteiger partial charge in [0.1, 0.15) is 11.6 Å². The molecular weight excluding hydrogens is 208 g/mol. The number of hydrogen-bond acceptors (Lipinski definition) is 1. The minimum atomic E-state index is -0.352. The summed E-state index contributed by atoms with van der Waals surface area (Å²) in [5, 5.41) is 0. The van der Waals surface area contributed by atoms with E-state index in [4.69, 9.17) is 0 Å². The highest BCUT2D eigenvalue weighted by atomic mass is 19.1. The van der Waals surface area contributed by atoms with Crippen molar-refractivity contribution in [3.05, 3.63) is 65.5 Å². The number of hydrogen-bond donors (Lipinski definition) is 0. The third-order valence-corrected chi connectivity index (χ3v) is 2.56. The van der Waals surface area contributed by atoms with Crippen LogP contribution in [0.4, 0.5) is 8.78 Å². The van der Waals surface area contributed by atoms with E-state index >= 15 is 0 Å². The van der Waals surface area contributed by atoms with E-state index in [2.05, 4.69) is 4.98 Å². The van der Waals surface area contributed by atoms with Crippen LogP contribution in [0.3, 0.4) is 0 Å². The van der Waals surface area contributed by atoms with E-state index in [1.165, 1.54) is 24.4 Å². The predicted molar refractivity (Wildman–Crippen MR) is 58.1 cm³/mol. The molecule has 0 aliphatic carbocycles. The lowest BCUT2D eigenvalue weighted by Gasteiger charge is -2.10. The van der Waals surface area contributed by atoms with Crippen LogP contribution in [0.2, 0.25) is 0 Å². The average molecular weight is 219 g/mol. The van der Waals surface area contributed by atoms with Gasteiger partial charge in [0, 0.05) is 11.6 Å². The molecule has 16 heavy (non-hydrogen) atoms. The average Bonchev–Trinajstić information content (AvgIpc) is 2.30. The van der Waals surface area contributed by atoms with Crippen LogP contribution in [0.25, 0.3) is 0 Å². The first kappa shape index (κ1) is 10.7. The molecule has 0 amide bonds. The number of aromatic nitrogens is 1. The van der Waals surface area contributed by atoms with Crippen molar-refractivity contribution in [3.63, 3.8) is 0 Å². The van der Waals surface area contributed by atoms with Crippen LogP contribution >= 0.6 is 0 Å². The minimum Gasteiger partial charge on any atom is -0.258 e. The fourth-order valence-corrected chi connectivity index (χ4v) is 1.57. The maximum Gasteiger partial charge on any atom is 0.141 e. The van der Waals surface area contributed by atoms with E-state index in [0.717, 1.165) is 11.3 Å². The first-order valence-corrected chi connectivity index (χ1v) is 5.04. The van der Waals surface area contributed by atoms with E-state index in [1.807, 2.05) is 6.92 Å². The molecule has 1 nitrogen and oxygen atoms in total. The van der Waals surface area contributed by atoms with Gasteiger partial charge in [-0.05, 0) is 29.8 Å². The van der Waals surface area contributed by atoms with Crippen molar-refractivity contribution in [2.75, 3.05) is 0 Å². The van der Waals surface area contributed by atoms with Crippen molar-refractivity contribution in [2.45, 2.75) is 12.8 Å². The van der Waals surface area contributed by atoms with Gasteiger partial charge in [-0.1, -0.05) is 19.1 Å². The van der Waals surface area contributed by atoms with E-state index in [9.17, 15) is 8.78 Å². The third-order valence-electron chi connectivity index (χ3n) is 2.56. The summed E-state index contributed by atoms with van der Waals surface area (Å²) in [6.45, 7) is 1.95. The van der Waals surface area contributed by atoms with Crippen molar-refractivity contribution in [1.82, 2.24) is 4.98 Å². The SMILES string of the molecule is CC(c1ccc(F)cc1)c1ccc(F)cn1. The summed E-state index contributed by atoms with van der Waals surface area (Å²) in [6, 6.07) is 9.27. The molecule has 1 heterocycles. The number of pyridine rings is 1. The molecule has 1 unspecified atom stereocenters. The van der Waals surface area contributed by atoms with E-state index in [0.29, 0.717) is 0 Å². The molecule has 0 aliphatic heterocycles. The first-order chi connectivity index (χ1) is 7.66. The molecule has 0 saturated heterocycles. The van der Waals surface area contributed by atoms with Gasteiger partial charge in [-0.25, -0.2) is 8.78 Å². The van der Waals surface area contributed by atoms with E-state index in [1.54, 1.807) is 18.2 Å². The van der Waals surface area contributed by atoms with Gasteiger partial charge in [-0.3, -0.25) is 4.98 Å². The Morgan fingerprint density at radius 2 is 1.56 bits per heavy atom. The molecule has 82 valence electrons. The fourth-order valence-electron chi connectivity index (χ4n) is 1.57. The standard InChI is InChI=1S/C13H11F2N/c1-9(10-2-4-11(14)5-3-10)13-7-6-12(15)8-16-13/h2-9H,1H3. The van der Waals surface area contributed by atoms with Crippen LogP contribution in [0.5, 0.6) is 0 Å². The minimum absolute atomic E-state index is 0.0289. The molecule has 0 spiro atoms. The van der Waals surface area contributed by atoms with Gasteiger partial charge in [0.15, 0.2) is 0 Å². The van der Waals surface area contributed by atoms with Crippen molar-refractivity contribution in [1.29, 1.82) is 0 Å². The quantitative estimate of drug-likeness (QED) is 0.753. The lowest BCUT2D eigenvalue weighted by Crippen LogP contribution is -1.99. The molecule has 2 rings (SSSR count). The van der Waals surface area contributed by atoms with E-state index < -0.39 is 0 Å². The highest BCUT2D eigenvalue weighted by Gasteiger charge is 2.09. The summed E-state index contributed by atoms with van der Waals surface area (Å²) in [4.78, 5) is 4.01. The van der Waals surface area contributed by atoms with Crippen LogP contribution in [-0.2, 0) is 0 Å². The molecule has 3 heteroatoms. The van der Waals surface area contributed by atoms with Crippen LogP contribution in [-0.4, -0.2) is 4.98 Å². The second-order valence-electron chi connectivity index (χ2n) is 3.67. The fraction of sp³-hybridized carbons (Fsp3) is 0.154.